The highest BCUT2D eigenvalue weighted by molar-refractivity contribution is 7.93. The number of ether oxygens (including phenoxy) is 3. The van der Waals surface area contributed by atoms with Gasteiger partial charge in [-0.05, 0) is 82.1 Å². The van der Waals surface area contributed by atoms with E-state index in [9.17, 15) is 8.42 Å². The highest BCUT2D eigenvalue weighted by atomic mass is 32.2. The maximum absolute atomic E-state index is 15.3. The normalized spacial score (nSPS) is 11.8. The number of nitrogen functional groups attached to an aromatic ring is 1. The van der Waals surface area contributed by atoms with Crippen molar-refractivity contribution >= 4 is 25.7 Å². The van der Waals surface area contributed by atoms with Crippen LogP contribution in [-0.2, 0) is 39.5 Å². The van der Waals surface area contributed by atoms with Crippen LogP contribution in [0.15, 0.2) is 113 Å². The molecule has 53 heavy (non-hydrogen) atoms. The lowest BCUT2D eigenvalue weighted by Gasteiger charge is -2.26. The number of hydrogen-bond donors (Lipinski definition) is 1. The minimum atomic E-state index is -4.70. The summed E-state index contributed by atoms with van der Waals surface area (Å²) < 4.78 is 74.8. The number of rotatable bonds is 14. The Morgan fingerprint density at radius 1 is 0.698 bits per heavy atom. The van der Waals surface area contributed by atoms with Crippen LogP contribution < -0.4 is 19.9 Å². The molecule has 0 unspecified atom stereocenters. The summed E-state index contributed by atoms with van der Waals surface area (Å²) in [5.41, 5.74) is 8.68. The quantitative estimate of drug-likeness (QED) is 0.160. The lowest BCUT2D eigenvalue weighted by molar-refractivity contribution is 0.396. The molecular weight excluding hydrogens is 719 g/mol. The molecule has 0 saturated heterocycles. The largest absolute Gasteiger partial charge is 0.497 e. The molecule has 2 N–H and O–H groups in total. The summed E-state index contributed by atoms with van der Waals surface area (Å²) in [4.78, 5) is 4.58. The number of aromatic nitrogens is 5. The third kappa shape index (κ3) is 8.30. The van der Waals surface area contributed by atoms with Gasteiger partial charge in [0.2, 0.25) is 15.8 Å². The van der Waals surface area contributed by atoms with E-state index in [-0.39, 0.29) is 36.8 Å². The van der Waals surface area contributed by atoms with E-state index >= 15 is 8.42 Å². The van der Waals surface area contributed by atoms with Crippen LogP contribution in [0.5, 0.6) is 17.2 Å². The summed E-state index contributed by atoms with van der Waals surface area (Å²) in [6.07, 6.45) is 2.43. The van der Waals surface area contributed by atoms with Gasteiger partial charge in [-0.2, -0.15) is 9.10 Å². The summed E-state index contributed by atoms with van der Waals surface area (Å²) in [5, 5.41) is 13.1. The molecule has 6 rings (SSSR count). The number of sulfone groups is 1. The van der Waals surface area contributed by atoms with Crippen molar-refractivity contribution < 1.29 is 31.0 Å². The second kappa shape index (κ2) is 15.4. The Labute approximate surface area is 307 Å². The zero-order chi connectivity index (χ0) is 37.8. The average Bonchev–Trinajstić information content (AvgIpc) is 3.63. The van der Waals surface area contributed by atoms with Gasteiger partial charge in [0.1, 0.15) is 28.0 Å². The number of nitrogens with zero attached hydrogens (tertiary/aromatic N) is 6. The van der Waals surface area contributed by atoms with Gasteiger partial charge in [0.25, 0.3) is 0 Å². The smallest absolute Gasteiger partial charge is 0.245 e. The van der Waals surface area contributed by atoms with Gasteiger partial charge in [-0.1, -0.05) is 42.5 Å². The van der Waals surface area contributed by atoms with Crippen molar-refractivity contribution in [3.05, 3.63) is 120 Å². The maximum atomic E-state index is 15.3. The van der Waals surface area contributed by atoms with Gasteiger partial charge < -0.3 is 19.9 Å². The van der Waals surface area contributed by atoms with E-state index in [0.29, 0.717) is 39.5 Å². The predicted molar refractivity (Wildman–Crippen MR) is 199 cm³/mol. The van der Waals surface area contributed by atoms with Crippen LogP contribution in [0.1, 0.15) is 16.7 Å². The lowest BCUT2D eigenvalue weighted by Crippen LogP contribution is -2.32. The van der Waals surface area contributed by atoms with E-state index < -0.39 is 29.7 Å². The fourth-order valence-electron chi connectivity index (χ4n) is 5.67. The first-order valence-corrected chi connectivity index (χ1v) is 19.5. The number of nitrogens with two attached hydrogens (primary N) is 1. The number of tetrazole rings is 1. The molecule has 0 aliphatic heterocycles. The van der Waals surface area contributed by atoms with Crippen molar-refractivity contribution in [1.82, 2.24) is 29.5 Å². The Morgan fingerprint density at radius 3 is 1.70 bits per heavy atom. The first-order chi connectivity index (χ1) is 25.4. The van der Waals surface area contributed by atoms with Gasteiger partial charge in [0.15, 0.2) is 9.84 Å². The Hall–Kier alpha value is -5.84. The van der Waals surface area contributed by atoms with Crippen molar-refractivity contribution in [3.8, 4) is 39.8 Å². The molecule has 6 aromatic rings. The molecule has 16 heteroatoms. The zero-order valence-electron chi connectivity index (χ0n) is 29.4. The lowest BCUT2D eigenvalue weighted by atomic mass is 10.0. The topological polar surface area (TPSA) is 182 Å². The monoisotopic (exact) mass is 755 g/mol. The zero-order valence-corrected chi connectivity index (χ0v) is 31.0. The van der Waals surface area contributed by atoms with Crippen molar-refractivity contribution in [2.75, 3.05) is 33.3 Å². The molecule has 0 bridgehead atoms. The van der Waals surface area contributed by atoms with E-state index in [2.05, 4.69) is 20.4 Å². The van der Waals surface area contributed by atoms with Gasteiger partial charge in [-0.15, -0.1) is 10.2 Å². The minimum Gasteiger partial charge on any atom is -0.497 e. The molecule has 0 aliphatic rings. The van der Waals surface area contributed by atoms with Crippen LogP contribution in [-0.4, -0.2) is 73.9 Å². The van der Waals surface area contributed by atoms with Gasteiger partial charge in [-0.25, -0.2) is 21.8 Å². The number of hydrogen-bond acceptors (Lipinski definition) is 12. The Balaban J connectivity index is 1.57. The number of sulfonamides is 1. The van der Waals surface area contributed by atoms with Crippen molar-refractivity contribution in [3.63, 3.8) is 0 Å². The summed E-state index contributed by atoms with van der Waals surface area (Å²) >= 11 is 0. The van der Waals surface area contributed by atoms with Gasteiger partial charge >= 0.3 is 0 Å². The highest BCUT2D eigenvalue weighted by Gasteiger charge is 2.36. The minimum absolute atomic E-state index is 0.0602. The van der Waals surface area contributed by atoms with Crippen LogP contribution in [0, 0.1) is 0 Å². The van der Waals surface area contributed by atoms with E-state index in [1.807, 2.05) is 12.1 Å². The van der Waals surface area contributed by atoms with Crippen LogP contribution in [0.4, 0.5) is 5.82 Å². The summed E-state index contributed by atoms with van der Waals surface area (Å²) in [6, 6.07) is 27.1. The molecule has 0 spiro atoms. The molecular formula is C37H37N7O7S2. The van der Waals surface area contributed by atoms with E-state index in [1.165, 1.54) is 41.7 Å². The second-order valence-corrected chi connectivity index (χ2v) is 15.9. The summed E-state index contributed by atoms with van der Waals surface area (Å²) in [5.74, 6) is 1.99. The molecule has 2 heterocycles. The SMILES string of the molecule is COc1ccc(CN(Cc2ccc(OC)cc2)S(=O)(=O)c2c(S(C)(=O)=O)ccc(-c3ccc(N)nc3)c2-c2nnn(Cc3ccc(OC)cc3)n2)cc1. The van der Waals surface area contributed by atoms with Crippen molar-refractivity contribution in [1.29, 1.82) is 0 Å². The molecule has 0 radical (unpaired) electrons. The fraction of sp³-hybridized carbons (Fsp3) is 0.189. The molecule has 0 aliphatic carbocycles. The number of anilines is 1. The Bertz CT molecular complexity index is 2370. The average molecular weight is 756 g/mol. The van der Waals surface area contributed by atoms with Gasteiger partial charge in [-0.3, -0.25) is 0 Å². The number of methoxy groups -OCH3 is 3. The summed E-state index contributed by atoms with van der Waals surface area (Å²) in [7, 11) is -4.23. The third-order valence-electron chi connectivity index (χ3n) is 8.41. The van der Waals surface area contributed by atoms with Crippen molar-refractivity contribution in [2.45, 2.75) is 29.4 Å². The second-order valence-electron chi connectivity index (χ2n) is 12.0. The first kappa shape index (κ1) is 36.9. The van der Waals surface area contributed by atoms with E-state index in [0.717, 1.165) is 11.8 Å². The van der Waals surface area contributed by atoms with Crippen LogP contribution in [0.2, 0.25) is 0 Å². The fourth-order valence-corrected chi connectivity index (χ4v) is 8.87. The first-order valence-electron chi connectivity index (χ1n) is 16.2. The van der Waals surface area contributed by atoms with Gasteiger partial charge in [0.05, 0.1) is 38.3 Å². The Kier molecular flexibility index (Phi) is 10.7. The van der Waals surface area contributed by atoms with E-state index in [4.69, 9.17) is 19.9 Å². The highest BCUT2D eigenvalue weighted by Crippen LogP contribution is 2.41. The standard InChI is InChI=1S/C37H37N7O7S2/c1-49-29-12-5-25(6-13-29)22-43(23-26-7-14-30(50-2)15-8-26)53(47,48)36-33(52(4,45)46)19-18-32(28-11-20-34(38)39-21-28)35(36)37-40-42-44(41-37)24-27-9-16-31(51-3)17-10-27/h5-21H,22-24H2,1-4H3,(H2,38,39). The van der Waals surface area contributed by atoms with Crippen molar-refractivity contribution in [2.24, 2.45) is 0 Å². The van der Waals surface area contributed by atoms with E-state index in [1.54, 1.807) is 79.9 Å². The molecule has 0 saturated carbocycles. The number of pyridine rings is 1. The van der Waals surface area contributed by atoms with Gasteiger partial charge in [0, 0.05) is 31.1 Å². The third-order valence-corrected chi connectivity index (χ3v) is 11.6. The maximum Gasteiger partial charge on any atom is 0.245 e. The molecule has 0 atom stereocenters. The molecule has 4 aromatic carbocycles. The van der Waals surface area contributed by atoms with Crippen LogP contribution >= 0.6 is 0 Å². The molecule has 274 valence electrons. The molecule has 2 aromatic heterocycles. The predicted octanol–water partition coefficient (Wildman–Crippen LogP) is 4.85. The summed E-state index contributed by atoms with van der Waals surface area (Å²) in [6.45, 7) is -0.0524. The molecule has 0 amide bonds. The molecule has 0 fully saturated rings. The van der Waals surface area contributed by atoms with Crippen LogP contribution in [0.25, 0.3) is 22.5 Å². The van der Waals surface area contributed by atoms with Crippen LogP contribution in [0.3, 0.4) is 0 Å². The Morgan fingerprint density at radius 2 is 1.23 bits per heavy atom. The number of benzene rings is 4. The molecule has 14 nitrogen and oxygen atoms in total.